The molecule has 0 saturated heterocycles. The van der Waals surface area contributed by atoms with E-state index in [1.165, 1.54) is 22.4 Å². The number of carbonyl (C=O) groups excluding carboxylic acids is 2. The van der Waals surface area contributed by atoms with Crippen LogP contribution >= 0.6 is 31.9 Å². The second-order valence-electron chi connectivity index (χ2n) is 8.94. The van der Waals surface area contributed by atoms with Crippen LogP contribution < -0.4 is 10.6 Å². The Morgan fingerprint density at radius 1 is 0.667 bits per heavy atom. The quantitative estimate of drug-likeness (QED) is 0.0998. The lowest BCUT2D eigenvalue weighted by Gasteiger charge is -2.17. The summed E-state index contributed by atoms with van der Waals surface area (Å²) in [6, 6.07) is 18.6. The molecule has 0 spiro atoms. The number of urea groups is 2. The number of aliphatic hydroxyl groups is 2. The van der Waals surface area contributed by atoms with E-state index in [1.54, 1.807) is 0 Å². The van der Waals surface area contributed by atoms with Crippen molar-refractivity contribution >= 4 is 68.5 Å². The van der Waals surface area contributed by atoms with E-state index >= 15 is 0 Å². The second kappa shape index (κ2) is 21.4. The van der Waals surface area contributed by atoms with Gasteiger partial charge in [0.05, 0.1) is 38.7 Å². The molecule has 4 N–H and O–H groups in total. The van der Waals surface area contributed by atoms with E-state index in [4.69, 9.17) is 0 Å². The van der Waals surface area contributed by atoms with Crippen LogP contribution in [0.2, 0.25) is 0 Å². The summed E-state index contributed by atoms with van der Waals surface area (Å²) >= 11 is 6.85. The molecule has 0 bridgehead atoms. The minimum atomic E-state index is -0.387. The maximum absolute atomic E-state index is 12.5. The minimum Gasteiger partial charge on any atom is -0.394 e. The SMILES string of the molecule is O=C(NCCCCCCNC(=O)N(CCO)/N=C/C(Br)=C/c1ccccc1)N(CCO)/N=C/C(Br)=C/c1ccccc1. The summed E-state index contributed by atoms with van der Waals surface area (Å²) in [5, 5.41) is 35.0. The molecular weight excluding hydrogens is 668 g/mol. The van der Waals surface area contributed by atoms with Gasteiger partial charge in [-0.3, -0.25) is 0 Å². The van der Waals surface area contributed by atoms with Crippen molar-refractivity contribution in [2.75, 3.05) is 39.4 Å². The summed E-state index contributed by atoms with van der Waals surface area (Å²) in [7, 11) is 0. The number of unbranched alkanes of at least 4 members (excludes halogenated alkanes) is 3. The van der Waals surface area contributed by atoms with Gasteiger partial charge in [0.2, 0.25) is 0 Å². The average Bonchev–Trinajstić information content (AvgIpc) is 2.99. The molecular formula is C30H38Br2N6O4. The molecule has 0 atom stereocenters. The number of carbonyl (C=O) groups is 2. The summed E-state index contributed by atoms with van der Waals surface area (Å²) in [5.41, 5.74) is 1.98. The van der Waals surface area contributed by atoms with Crippen LogP contribution in [0, 0.1) is 0 Å². The van der Waals surface area contributed by atoms with Crippen molar-refractivity contribution in [3.05, 3.63) is 80.8 Å². The number of hydrazone groups is 2. The van der Waals surface area contributed by atoms with Crippen molar-refractivity contribution in [3.63, 3.8) is 0 Å². The van der Waals surface area contributed by atoms with Gasteiger partial charge in [0.15, 0.2) is 0 Å². The van der Waals surface area contributed by atoms with Crippen molar-refractivity contribution in [2.45, 2.75) is 25.7 Å². The van der Waals surface area contributed by atoms with E-state index in [1.807, 2.05) is 72.8 Å². The molecule has 0 aliphatic rings. The lowest BCUT2D eigenvalue weighted by Crippen LogP contribution is -2.39. The Morgan fingerprint density at radius 2 is 1.05 bits per heavy atom. The average molecular weight is 706 g/mol. The number of nitrogens with zero attached hydrogens (tertiary/aromatic N) is 4. The third-order valence-corrected chi connectivity index (χ3v) is 6.46. The molecule has 0 aliphatic carbocycles. The van der Waals surface area contributed by atoms with Crippen molar-refractivity contribution < 1.29 is 19.8 Å². The molecule has 0 aliphatic heterocycles. The zero-order valence-electron chi connectivity index (χ0n) is 23.4. The number of halogens is 2. The number of benzene rings is 2. The zero-order chi connectivity index (χ0) is 30.4. The molecule has 0 heterocycles. The monoisotopic (exact) mass is 704 g/mol. The van der Waals surface area contributed by atoms with E-state index in [9.17, 15) is 19.8 Å². The lowest BCUT2D eigenvalue weighted by atomic mass is 10.2. The Morgan fingerprint density at radius 3 is 1.40 bits per heavy atom. The standard InChI is InChI=1S/C30H38Br2N6O4/c31-27(21-25-11-5-3-6-12-25)23-35-37(17-19-39)29(41)33-15-9-1-2-10-16-34-30(42)38(18-20-40)36-24-28(32)22-26-13-7-4-8-14-26/h3-8,11-14,21-24,39-40H,1-2,9-10,15-20H2,(H,33,41)(H,34,42)/b27-21-,28-22-,35-23+,36-24+. The molecule has 12 heteroatoms. The molecule has 0 aromatic heterocycles. The molecule has 0 unspecified atom stereocenters. The predicted octanol–water partition coefficient (Wildman–Crippen LogP) is 5.40. The zero-order valence-corrected chi connectivity index (χ0v) is 26.6. The predicted molar refractivity (Wildman–Crippen MR) is 177 cm³/mol. The van der Waals surface area contributed by atoms with Crippen LogP contribution in [0.25, 0.3) is 12.2 Å². The van der Waals surface area contributed by atoms with Gasteiger partial charge >= 0.3 is 12.1 Å². The minimum absolute atomic E-state index is 0.0747. The Kier molecular flexibility index (Phi) is 17.8. The van der Waals surface area contributed by atoms with Crippen LogP contribution in [0.4, 0.5) is 9.59 Å². The largest absolute Gasteiger partial charge is 0.394 e. The van der Waals surface area contributed by atoms with Crippen molar-refractivity contribution in [1.82, 2.24) is 20.7 Å². The smallest absolute Gasteiger partial charge is 0.337 e. The van der Waals surface area contributed by atoms with Gasteiger partial charge in [0.1, 0.15) is 0 Å². The van der Waals surface area contributed by atoms with Gasteiger partial charge in [-0.2, -0.15) is 10.2 Å². The molecule has 0 saturated carbocycles. The van der Waals surface area contributed by atoms with E-state index in [-0.39, 0.29) is 38.4 Å². The topological polar surface area (TPSA) is 130 Å². The third kappa shape index (κ3) is 15.1. The Labute approximate surface area is 264 Å². The molecule has 2 aromatic carbocycles. The van der Waals surface area contributed by atoms with Crippen LogP contribution in [-0.2, 0) is 0 Å². The number of rotatable bonds is 17. The highest BCUT2D eigenvalue weighted by molar-refractivity contribution is 9.12. The molecule has 4 amide bonds. The van der Waals surface area contributed by atoms with E-state index in [0.29, 0.717) is 22.1 Å². The third-order valence-electron chi connectivity index (χ3n) is 5.60. The van der Waals surface area contributed by atoms with Crippen molar-refractivity contribution in [2.24, 2.45) is 10.2 Å². The van der Waals surface area contributed by atoms with Crippen LogP contribution in [-0.4, -0.2) is 84.1 Å². The van der Waals surface area contributed by atoms with E-state index in [2.05, 4.69) is 52.7 Å². The Hall–Kier alpha value is -3.32. The fraction of sp³-hybridized carbons (Fsp3) is 0.333. The molecule has 0 radical (unpaired) electrons. The van der Waals surface area contributed by atoms with E-state index < -0.39 is 0 Å². The summed E-state index contributed by atoms with van der Waals surface area (Å²) in [6.07, 6.45) is 10.0. The second-order valence-corrected chi connectivity index (χ2v) is 10.8. The lowest BCUT2D eigenvalue weighted by molar-refractivity contribution is 0.179. The van der Waals surface area contributed by atoms with Crippen molar-refractivity contribution in [1.29, 1.82) is 0 Å². The molecule has 226 valence electrons. The maximum Gasteiger partial charge on any atom is 0.337 e. The summed E-state index contributed by atoms with van der Waals surface area (Å²) < 4.78 is 1.38. The van der Waals surface area contributed by atoms with Crippen LogP contribution in [0.5, 0.6) is 0 Å². The van der Waals surface area contributed by atoms with Gasteiger partial charge in [0.25, 0.3) is 0 Å². The first-order valence-electron chi connectivity index (χ1n) is 13.7. The van der Waals surface area contributed by atoms with E-state index in [0.717, 1.165) is 36.8 Å². The normalized spacial score (nSPS) is 12.1. The molecule has 42 heavy (non-hydrogen) atoms. The first-order chi connectivity index (χ1) is 20.4. The fourth-order valence-electron chi connectivity index (χ4n) is 3.53. The van der Waals surface area contributed by atoms with Gasteiger partial charge in [-0.25, -0.2) is 19.6 Å². The Balaban J connectivity index is 1.66. The first kappa shape index (κ1) is 34.9. The molecule has 2 rings (SSSR count). The number of hydrogen-bond donors (Lipinski definition) is 4. The highest BCUT2D eigenvalue weighted by atomic mass is 79.9. The number of aliphatic hydroxyl groups excluding tert-OH is 2. The van der Waals surface area contributed by atoms with Gasteiger partial charge < -0.3 is 20.8 Å². The van der Waals surface area contributed by atoms with Gasteiger partial charge in [-0.15, -0.1) is 0 Å². The van der Waals surface area contributed by atoms with Crippen LogP contribution in [0.3, 0.4) is 0 Å². The maximum atomic E-state index is 12.5. The number of amides is 4. The van der Waals surface area contributed by atoms with Crippen molar-refractivity contribution in [3.8, 4) is 0 Å². The van der Waals surface area contributed by atoms with Crippen LogP contribution in [0.1, 0.15) is 36.8 Å². The van der Waals surface area contributed by atoms with Gasteiger partial charge in [-0.05, 0) is 68.0 Å². The highest BCUT2D eigenvalue weighted by Crippen LogP contribution is 2.11. The molecule has 0 fully saturated rings. The number of hydrogen-bond acceptors (Lipinski definition) is 6. The van der Waals surface area contributed by atoms with Gasteiger partial charge in [-0.1, -0.05) is 73.5 Å². The van der Waals surface area contributed by atoms with Crippen LogP contribution in [0.15, 0.2) is 79.8 Å². The summed E-state index contributed by atoms with van der Waals surface area (Å²) in [4.78, 5) is 25.0. The first-order valence-corrected chi connectivity index (χ1v) is 15.3. The molecule has 2 aromatic rings. The summed E-state index contributed by atoms with van der Waals surface area (Å²) in [6.45, 7) is 0.664. The highest BCUT2D eigenvalue weighted by Gasteiger charge is 2.12. The Bertz CT molecular complexity index is 1100. The summed E-state index contributed by atoms with van der Waals surface area (Å²) in [5.74, 6) is 0. The number of allylic oxidation sites excluding steroid dienone is 2. The van der Waals surface area contributed by atoms with Gasteiger partial charge in [0, 0.05) is 22.1 Å². The number of nitrogens with one attached hydrogen (secondary N) is 2. The molecule has 10 nitrogen and oxygen atoms in total. The fourth-order valence-corrected chi connectivity index (χ4v) is 4.24.